The van der Waals surface area contributed by atoms with E-state index in [0.29, 0.717) is 10.8 Å². The molecule has 0 unspecified atom stereocenters. The van der Waals surface area contributed by atoms with E-state index >= 15 is 0 Å². The van der Waals surface area contributed by atoms with Gasteiger partial charge in [0.2, 0.25) is 0 Å². The maximum absolute atomic E-state index is 12.8. The summed E-state index contributed by atoms with van der Waals surface area (Å²) in [6.45, 7) is 2.00. The van der Waals surface area contributed by atoms with Crippen molar-refractivity contribution in [2.45, 2.75) is 23.2 Å². The van der Waals surface area contributed by atoms with Crippen molar-refractivity contribution in [1.82, 2.24) is 9.55 Å². The summed E-state index contributed by atoms with van der Waals surface area (Å²) in [7, 11) is 0. The molecule has 0 fully saturated rings. The van der Waals surface area contributed by atoms with Crippen molar-refractivity contribution in [3.05, 3.63) is 66.0 Å². The number of imidazole rings is 1. The third kappa shape index (κ3) is 3.41. The summed E-state index contributed by atoms with van der Waals surface area (Å²) in [4.78, 5) is 5.26. The Bertz CT molecular complexity index is 854. The fourth-order valence-corrected chi connectivity index (χ4v) is 3.06. The summed E-state index contributed by atoms with van der Waals surface area (Å²) in [5, 5.41) is 0.630. The average molecular weight is 349 g/mol. The Morgan fingerprint density at radius 2 is 1.79 bits per heavy atom. The van der Waals surface area contributed by atoms with Gasteiger partial charge in [-0.1, -0.05) is 29.5 Å². The van der Waals surface area contributed by atoms with E-state index in [0.717, 1.165) is 22.6 Å². The Labute approximate surface area is 141 Å². The minimum absolute atomic E-state index is 0.0496. The van der Waals surface area contributed by atoms with Crippen LogP contribution in [-0.2, 0) is 6.18 Å². The van der Waals surface area contributed by atoms with E-state index in [2.05, 4.69) is 4.98 Å². The summed E-state index contributed by atoms with van der Waals surface area (Å²) in [5.74, 6) is 0. The van der Waals surface area contributed by atoms with Crippen LogP contribution in [0.2, 0.25) is 0 Å². The normalized spacial score (nSPS) is 11.7. The van der Waals surface area contributed by atoms with Gasteiger partial charge in [0, 0.05) is 17.3 Å². The number of anilines is 1. The zero-order valence-electron chi connectivity index (χ0n) is 12.7. The SMILES string of the molecule is Cc1ccc(Sc2nccn2-c2ccc(C(F)(F)F)cc2N)cc1. The molecule has 0 spiro atoms. The number of alkyl halides is 3. The zero-order chi connectivity index (χ0) is 17.3. The van der Waals surface area contributed by atoms with Crippen LogP contribution < -0.4 is 5.73 Å². The van der Waals surface area contributed by atoms with Crippen LogP contribution in [0.5, 0.6) is 0 Å². The highest BCUT2D eigenvalue weighted by molar-refractivity contribution is 7.99. The minimum Gasteiger partial charge on any atom is -0.397 e. The van der Waals surface area contributed by atoms with E-state index in [1.54, 1.807) is 17.0 Å². The quantitative estimate of drug-likeness (QED) is 0.682. The fourth-order valence-electron chi connectivity index (χ4n) is 2.21. The summed E-state index contributed by atoms with van der Waals surface area (Å²) >= 11 is 1.42. The van der Waals surface area contributed by atoms with Crippen LogP contribution in [0, 0.1) is 6.92 Å². The van der Waals surface area contributed by atoms with Gasteiger partial charge in [-0.25, -0.2) is 4.98 Å². The van der Waals surface area contributed by atoms with Gasteiger partial charge in [0.05, 0.1) is 16.9 Å². The molecule has 24 heavy (non-hydrogen) atoms. The maximum Gasteiger partial charge on any atom is 0.416 e. The van der Waals surface area contributed by atoms with Crippen LogP contribution >= 0.6 is 11.8 Å². The largest absolute Gasteiger partial charge is 0.416 e. The molecule has 0 aliphatic carbocycles. The number of nitrogen functional groups attached to an aromatic ring is 1. The number of rotatable bonds is 3. The van der Waals surface area contributed by atoms with Crippen LogP contribution in [0.25, 0.3) is 5.69 Å². The topological polar surface area (TPSA) is 43.8 Å². The van der Waals surface area contributed by atoms with Crippen molar-refractivity contribution >= 4 is 17.4 Å². The van der Waals surface area contributed by atoms with Gasteiger partial charge < -0.3 is 5.73 Å². The molecule has 3 nitrogen and oxygen atoms in total. The first-order valence-electron chi connectivity index (χ1n) is 7.09. The molecule has 0 bridgehead atoms. The Hall–Kier alpha value is -2.41. The molecule has 0 radical (unpaired) electrons. The second-order valence-electron chi connectivity index (χ2n) is 5.27. The number of nitrogens with zero attached hydrogens (tertiary/aromatic N) is 2. The molecule has 124 valence electrons. The highest BCUT2D eigenvalue weighted by Gasteiger charge is 2.31. The Balaban J connectivity index is 1.94. The predicted molar refractivity (Wildman–Crippen MR) is 88.3 cm³/mol. The van der Waals surface area contributed by atoms with Gasteiger partial charge in [0.25, 0.3) is 0 Å². The summed E-state index contributed by atoms with van der Waals surface area (Å²) in [6.07, 6.45) is -1.15. The second kappa shape index (κ2) is 6.24. The van der Waals surface area contributed by atoms with Crippen molar-refractivity contribution in [3.63, 3.8) is 0 Å². The third-order valence-electron chi connectivity index (χ3n) is 3.45. The molecule has 0 aliphatic rings. The first-order chi connectivity index (χ1) is 11.3. The standard InChI is InChI=1S/C17H14F3N3S/c1-11-2-5-13(6-3-11)24-16-22-8-9-23(16)15-7-4-12(10-14(15)21)17(18,19)20/h2-10H,21H2,1H3. The van der Waals surface area contributed by atoms with E-state index < -0.39 is 11.7 Å². The van der Waals surface area contributed by atoms with Crippen LogP contribution in [0.1, 0.15) is 11.1 Å². The smallest absolute Gasteiger partial charge is 0.397 e. The average Bonchev–Trinajstić information content (AvgIpc) is 2.96. The summed E-state index contributed by atoms with van der Waals surface area (Å²) in [5.41, 5.74) is 6.73. The Morgan fingerprint density at radius 1 is 1.08 bits per heavy atom. The number of aryl methyl sites for hydroxylation is 1. The minimum atomic E-state index is -4.42. The molecule has 2 N–H and O–H groups in total. The molecule has 7 heteroatoms. The number of aromatic nitrogens is 2. The van der Waals surface area contributed by atoms with Crippen molar-refractivity contribution < 1.29 is 13.2 Å². The first kappa shape index (κ1) is 16.4. The summed E-state index contributed by atoms with van der Waals surface area (Å²) in [6, 6.07) is 11.2. The van der Waals surface area contributed by atoms with E-state index in [4.69, 9.17) is 5.73 Å². The molecular weight excluding hydrogens is 335 g/mol. The number of hydrogen-bond acceptors (Lipinski definition) is 3. The van der Waals surface area contributed by atoms with Crippen LogP contribution in [0.4, 0.5) is 18.9 Å². The van der Waals surface area contributed by atoms with Gasteiger partial charge in [0.1, 0.15) is 0 Å². The highest BCUT2D eigenvalue weighted by Crippen LogP contribution is 2.34. The lowest BCUT2D eigenvalue weighted by Crippen LogP contribution is -2.08. The Morgan fingerprint density at radius 3 is 2.42 bits per heavy atom. The molecule has 0 saturated carbocycles. The van der Waals surface area contributed by atoms with Crippen LogP contribution in [-0.4, -0.2) is 9.55 Å². The molecule has 3 rings (SSSR count). The van der Waals surface area contributed by atoms with Gasteiger partial charge in [-0.05, 0) is 37.3 Å². The molecular formula is C17H14F3N3S. The molecule has 0 atom stereocenters. The van der Waals surface area contributed by atoms with E-state index in [1.165, 1.54) is 17.8 Å². The van der Waals surface area contributed by atoms with Crippen molar-refractivity contribution in [2.24, 2.45) is 0 Å². The second-order valence-corrected chi connectivity index (χ2v) is 6.31. The number of nitrogens with two attached hydrogens (primary N) is 1. The van der Waals surface area contributed by atoms with E-state index in [9.17, 15) is 13.2 Å². The van der Waals surface area contributed by atoms with Crippen LogP contribution in [0.15, 0.2) is 64.9 Å². The van der Waals surface area contributed by atoms with Gasteiger partial charge in [0.15, 0.2) is 5.16 Å². The molecule has 2 aromatic carbocycles. The van der Waals surface area contributed by atoms with Gasteiger partial charge >= 0.3 is 6.18 Å². The molecule has 0 aliphatic heterocycles. The lowest BCUT2D eigenvalue weighted by Gasteiger charge is -2.13. The molecule has 1 aromatic heterocycles. The van der Waals surface area contributed by atoms with E-state index in [1.807, 2.05) is 31.2 Å². The lowest BCUT2D eigenvalue weighted by atomic mass is 10.1. The number of halogens is 3. The lowest BCUT2D eigenvalue weighted by molar-refractivity contribution is -0.137. The third-order valence-corrected chi connectivity index (χ3v) is 4.44. The maximum atomic E-state index is 12.8. The van der Waals surface area contributed by atoms with E-state index in [-0.39, 0.29) is 5.69 Å². The predicted octanol–water partition coefficient (Wildman–Crippen LogP) is 4.93. The van der Waals surface area contributed by atoms with Crippen molar-refractivity contribution in [2.75, 3.05) is 5.73 Å². The van der Waals surface area contributed by atoms with Gasteiger partial charge in [-0.2, -0.15) is 13.2 Å². The monoisotopic (exact) mass is 349 g/mol. The van der Waals surface area contributed by atoms with Crippen molar-refractivity contribution in [1.29, 1.82) is 0 Å². The summed E-state index contributed by atoms with van der Waals surface area (Å²) < 4.78 is 40.0. The molecule has 1 heterocycles. The van der Waals surface area contributed by atoms with Crippen molar-refractivity contribution in [3.8, 4) is 5.69 Å². The fraction of sp³-hybridized carbons (Fsp3) is 0.118. The molecule has 0 saturated heterocycles. The zero-order valence-corrected chi connectivity index (χ0v) is 13.5. The van der Waals surface area contributed by atoms with Gasteiger partial charge in [-0.3, -0.25) is 4.57 Å². The molecule has 0 amide bonds. The first-order valence-corrected chi connectivity index (χ1v) is 7.91. The van der Waals surface area contributed by atoms with Crippen LogP contribution in [0.3, 0.4) is 0 Å². The van der Waals surface area contributed by atoms with Gasteiger partial charge in [-0.15, -0.1) is 0 Å². The number of hydrogen-bond donors (Lipinski definition) is 1. The Kier molecular flexibility index (Phi) is 4.28. The molecule has 3 aromatic rings. The highest BCUT2D eigenvalue weighted by atomic mass is 32.2. The number of benzene rings is 2.